The Hall–Kier alpha value is -2.78. The lowest BCUT2D eigenvalue weighted by molar-refractivity contribution is 0.174. The third-order valence-corrected chi connectivity index (χ3v) is 6.01. The Morgan fingerprint density at radius 1 is 1.22 bits per heavy atom. The molecular weight excluding hydrogens is 358 g/mol. The Balaban J connectivity index is 2.33. The zero-order valence-corrected chi connectivity index (χ0v) is 16.0. The number of fused-ring (bicyclic) bond motifs is 1. The molecule has 0 fully saturated rings. The van der Waals surface area contributed by atoms with Gasteiger partial charge in [0.1, 0.15) is 6.07 Å². The van der Waals surface area contributed by atoms with Crippen LogP contribution in [-0.2, 0) is 0 Å². The summed E-state index contributed by atoms with van der Waals surface area (Å²) in [4.78, 5) is 2.26. The van der Waals surface area contributed by atoms with Crippen molar-refractivity contribution in [1.82, 2.24) is 4.90 Å². The van der Waals surface area contributed by atoms with Gasteiger partial charge >= 0.3 is 0 Å². The summed E-state index contributed by atoms with van der Waals surface area (Å²) in [5, 5.41) is 30.3. The van der Waals surface area contributed by atoms with E-state index < -0.39 is 11.3 Å². The summed E-state index contributed by atoms with van der Waals surface area (Å²) in [5.74, 6) is -0.770. The highest BCUT2D eigenvalue weighted by Gasteiger charge is 2.54. The summed E-state index contributed by atoms with van der Waals surface area (Å²) < 4.78 is 0. The lowest BCUT2D eigenvalue weighted by Gasteiger charge is -2.46. The van der Waals surface area contributed by atoms with E-state index >= 15 is 0 Å². The Labute approximate surface area is 164 Å². The highest BCUT2D eigenvalue weighted by Crippen LogP contribution is 2.55. The van der Waals surface area contributed by atoms with Crippen molar-refractivity contribution >= 4 is 11.6 Å². The van der Waals surface area contributed by atoms with E-state index in [-0.39, 0.29) is 17.2 Å². The summed E-state index contributed by atoms with van der Waals surface area (Å²) >= 11 is 6.47. The van der Waals surface area contributed by atoms with Crippen molar-refractivity contribution < 1.29 is 0 Å². The van der Waals surface area contributed by atoms with Gasteiger partial charge in [0.15, 0.2) is 5.41 Å². The second kappa shape index (κ2) is 7.09. The first kappa shape index (κ1) is 19.0. The molecule has 2 N–H and O–H groups in total. The largest absolute Gasteiger partial charge is 0.399 e. The lowest BCUT2D eigenvalue weighted by Crippen LogP contribution is -2.49. The maximum Gasteiger partial charge on any atom is 0.191 e. The van der Waals surface area contributed by atoms with Crippen LogP contribution in [0.1, 0.15) is 25.3 Å². The normalized spacial score (nSPS) is 24.4. The number of nitriles is 3. The number of hydrogen-bond donors (Lipinski definition) is 1. The van der Waals surface area contributed by atoms with Gasteiger partial charge in [0, 0.05) is 36.0 Å². The molecule has 3 rings (SSSR count). The van der Waals surface area contributed by atoms with Crippen LogP contribution >= 0.6 is 11.6 Å². The fourth-order valence-electron chi connectivity index (χ4n) is 4.20. The molecule has 0 aromatic heterocycles. The van der Waals surface area contributed by atoms with Crippen LogP contribution in [-0.4, -0.2) is 24.0 Å². The Morgan fingerprint density at radius 2 is 1.89 bits per heavy atom. The molecule has 0 radical (unpaired) electrons. The van der Waals surface area contributed by atoms with E-state index in [0.29, 0.717) is 29.7 Å². The number of hydrogen-bond acceptors (Lipinski definition) is 5. The summed E-state index contributed by atoms with van der Waals surface area (Å²) in [6, 6.07) is 13.9. The summed E-state index contributed by atoms with van der Waals surface area (Å²) in [5.41, 5.74) is 6.46. The van der Waals surface area contributed by atoms with Crippen molar-refractivity contribution in [3.05, 3.63) is 57.8 Å². The fourth-order valence-corrected chi connectivity index (χ4v) is 4.45. The van der Waals surface area contributed by atoms with Gasteiger partial charge in [0.25, 0.3) is 0 Å². The third-order valence-electron chi connectivity index (χ3n) is 5.66. The first-order chi connectivity index (χ1) is 12.9. The number of halogens is 1. The average Bonchev–Trinajstić information content (AvgIpc) is 2.67. The SMILES string of the molecule is CC(C)N1CC=C2C(C#N)=C(N)C(C#N)(C#N)[C@H](c3ccccc3Cl)[C@@H]2C1. The molecule has 2 aliphatic rings. The molecule has 0 amide bonds. The van der Waals surface area contributed by atoms with Crippen molar-refractivity contribution in [3.63, 3.8) is 0 Å². The minimum absolute atomic E-state index is 0.0282. The molecule has 5 nitrogen and oxygen atoms in total. The first-order valence-corrected chi connectivity index (χ1v) is 9.20. The molecule has 2 atom stereocenters. The second-order valence-electron chi connectivity index (χ2n) is 7.24. The molecule has 1 aromatic carbocycles. The van der Waals surface area contributed by atoms with Crippen LogP contribution < -0.4 is 5.73 Å². The van der Waals surface area contributed by atoms with Crippen molar-refractivity contribution in [3.8, 4) is 18.2 Å². The van der Waals surface area contributed by atoms with E-state index in [0.717, 1.165) is 5.57 Å². The highest BCUT2D eigenvalue weighted by atomic mass is 35.5. The molecule has 6 heteroatoms. The van der Waals surface area contributed by atoms with E-state index in [1.54, 1.807) is 6.07 Å². The van der Waals surface area contributed by atoms with Gasteiger partial charge < -0.3 is 5.73 Å². The molecule has 0 saturated heterocycles. The molecule has 0 saturated carbocycles. The molecule has 0 spiro atoms. The van der Waals surface area contributed by atoms with Gasteiger partial charge in [-0.05, 0) is 31.1 Å². The fraction of sp³-hybridized carbons (Fsp3) is 0.381. The van der Waals surface area contributed by atoms with Gasteiger partial charge in [-0.1, -0.05) is 35.9 Å². The van der Waals surface area contributed by atoms with Crippen molar-refractivity contribution in [1.29, 1.82) is 15.8 Å². The predicted molar refractivity (Wildman–Crippen MR) is 103 cm³/mol. The topological polar surface area (TPSA) is 101 Å². The molecule has 1 aromatic rings. The van der Waals surface area contributed by atoms with E-state index in [1.807, 2.05) is 24.3 Å². The molecule has 0 bridgehead atoms. The minimum atomic E-state index is -1.64. The monoisotopic (exact) mass is 377 g/mol. The minimum Gasteiger partial charge on any atom is -0.399 e. The van der Waals surface area contributed by atoms with E-state index in [9.17, 15) is 15.8 Å². The maximum absolute atomic E-state index is 10.0. The van der Waals surface area contributed by atoms with E-state index in [1.165, 1.54) is 0 Å². The van der Waals surface area contributed by atoms with Gasteiger partial charge in [0.05, 0.1) is 23.4 Å². The summed E-state index contributed by atoms with van der Waals surface area (Å²) in [6.07, 6.45) is 2.00. The zero-order chi connectivity index (χ0) is 19.8. The van der Waals surface area contributed by atoms with Gasteiger partial charge in [-0.2, -0.15) is 15.8 Å². The molecule has 1 aliphatic carbocycles. The highest BCUT2D eigenvalue weighted by molar-refractivity contribution is 6.31. The summed E-state index contributed by atoms with van der Waals surface area (Å²) in [6.45, 7) is 5.53. The lowest BCUT2D eigenvalue weighted by atomic mass is 9.58. The quantitative estimate of drug-likeness (QED) is 0.850. The maximum atomic E-state index is 10.0. The van der Waals surface area contributed by atoms with Gasteiger partial charge in [-0.15, -0.1) is 0 Å². The average molecular weight is 378 g/mol. The number of allylic oxidation sites excluding steroid dienone is 2. The molecular formula is C21H20ClN5. The number of nitrogens with two attached hydrogens (primary N) is 1. The standard InChI is InChI=1S/C21H20ClN5/c1-13(2)27-8-7-14-16(9-23)20(26)21(11-24,12-25)19(17(14)10-27)15-5-3-4-6-18(15)22/h3-7,13,17,19H,8,10,26H2,1-2H3/t17-,19-/m1/s1. The number of benzene rings is 1. The van der Waals surface area contributed by atoms with Crippen LogP contribution in [0.4, 0.5) is 0 Å². The predicted octanol–water partition coefficient (Wildman–Crippen LogP) is 3.47. The van der Waals surface area contributed by atoms with Crippen LogP contribution in [0.2, 0.25) is 5.02 Å². The van der Waals surface area contributed by atoms with E-state index in [2.05, 4.69) is 37.0 Å². The molecule has 1 heterocycles. The molecule has 1 aliphatic heterocycles. The first-order valence-electron chi connectivity index (χ1n) is 8.83. The van der Waals surface area contributed by atoms with Crippen molar-refractivity contribution in [2.24, 2.45) is 17.1 Å². The van der Waals surface area contributed by atoms with Crippen LogP contribution in [0.15, 0.2) is 47.2 Å². The van der Waals surface area contributed by atoms with Crippen molar-refractivity contribution in [2.75, 3.05) is 13.1 Å². The van der Waals surface area contributed by atoms with Crippen LogP contribution in [0.25, 0.3) is 0 Å². The zero-order valence-electron chi connectivity index (χ0n) is 15.3. The van der Waals surface area contributed by atoms with Crippen molar-refractivity contribution in [2.45, 2.75) is 25.8 Å². The molecule has 0 unspecified atom stereocenters. The Kier molecular flexibility index (Phi) is 4.99. The number of nitrogens with zero attached hydrogens (tertiary/aromatic N) is 4. The van der Waals surface area contributed by atoms with Crippen LogP contribution in [0.3, 0.4) is 0 Å². The summed E-state index contributed by atoms with van der Waals surface area (Å²) in [7, 11) is 0. The number of rotatable bonds is 2. The van der Waals surface area contributed by atoms with Crippen LogP contribution in [0, 0.1) is 45.3 Å². The van der Waals surface area contributed by atoms with Gasteiger partial charge in [-0.3, -0.25) is 4.90 Å². The van der Waals surface area contributed by atoms with E-state index in [4.69, 9.17) is 17.3 Å². The van der Waals surface area contributed by atoms with Crippen LogP contribution in [0.5, 0.6) is 0 Å². The Bertz CT molecular complexity index is 940. The Morgan fingerprint density at radius 3 is 2.44 bits per heavy atom. The van der Waals surface area contributed by atoms with Gasteiger partial charge in [0.2, 0.25) is 0 Å². The second-order valence-corrected chi connectivity index (χ2v) is 7.65. The molecule has 27 heavy (non-hydrogen) atoms. The third kappa shape index (κ3) is 2.79. The van der Waals surface area contributed by atoms with Gasteiger partial charge in [-0.25, -0.2) is 0 Å². The molecule has 136 valence electrons. The smallest absolute Gasteiger partial charge is 0.191 e.